The zero-order valence-electron chi connectivity index (χ0n) is 31.4. The molecule has 0 saturated heterocycles. The van der Waals surface area contributed by atoms with Gasteiger partial charge in [-0.3, -0.25) is 4.55 Å². The molecule has 0 bridgehead atoms. The van der Waals surface area contributed by atoms with Crippen LogP contribution in [0.5, 0.6) is 23.0 Å². The van der Waals surface area contributed by atoms with E-state index in [9.17, 15) is 13.0 Å². The van der Waals surface area contributed by atoms with Gasteiger partial charge < -0.3 is 18.9 Å². The van der Waals surface area contributed by atoms with Gasteiger partial charge in [0.25, 0.3) is 10.1 Å². The van der Waals surface area contributed by atoms with Crippen molar-refractivity contribution in [2.24, 2.45) is 0 Å². The van der Waals surface area contributed by atoms with Crippen molar-refractivity contribution in [3.63, 3.8) is 0 Å². The molecule has 9 heteroatoms. The number of hydrogen-bond donors (Lipinski definition) is 1. The summed E-state index contributed by atoms with van der Waals surface area (Å²) in [5, 5.41) is 2.66. The van der Waals surface area contributed by atoms with Crippen LogP contribution < -0.4 is 34.9 Å². The summed E-state index contributed by atoms with van der Waals surface area (Å²) >= 11 is 0. The molecule has 0 amide bonds. The standard InChI is InChI=1S/C43H49O7PS/c1-27(2)47-35-18-14-19-36(48-28(3)4)42(35)33-16-10-12-22-39(33)51(41-26-32(52(44,45)46)25-24-31(41)9)40-23-13-11-17-34(40)43-37(49-29(5)6)20-15-21-38(43)50-30(7)8/h10-30H,1-9H3,(H,44,45,46). The molecule has 0 spiro atoms. The Kier molecular flexibility index (Phi) is 12.4. The summed E-state index contributed by atoms with van der Waals surface area (Å²) in [5.74, 6) is 2.71. The molecule has 0 unspecified atom stereocenters. The maximum atomic E-state index is 12.7. The van der Waals surface area contributed by atoms with Crippen LogP contribution in [0.2, 0.25) is 0 Å². The first-order chi connectivity index (χ1) is 24.6. The van der Waals surface area contributed by atoms with Crippen LogP contribution in [-0.4, -0.2) is 37.4 Å². The molecule has 1 N–H and O–H groups in total. The Morgan fingerprint density at radius 3 is 1.21 bits per heavy atom. The number of rotatable bonds is 14. The lowest BCUT2D eigenvalue weighted by Crippen LogP contribution is -2.26. The van der Waals surface area contributed by atoms with Crippen LogP contribution in [0, 0.1) is 6.92 Å². The molecule has 0 aliphatic rings. The Hall–Kier alpha value is -4.36. The first kappa shape index (κ1) is 38.9. The molecule has 0 saturated carbocycles. The number of hydrogen-bond acceptors (Lipinski definition) is 6. The first-order valence-corrected chi connectivity index (χ1v) is 20.4. The third-order valence-corrected chi connectivity index (χ3v) is 11.5. The molecule has 0 radical (unpaired) electrons. The van der Waals surface area contributed by atoms with Crippen molar-refractivity contribution in [1.82, 2.24) is 0 Å². The van der Waals surface area contributed by atoms with Crippen molar-refractivity contribution in [2.75, 3.05) is 0 Å². The van der Waals surface area contributed by atoms with Crippen molar-refractivity contribution in [1.29, 1.82) is 0 Å². The molecule has 7 nitrogen and oxygen atoms in total. The maximum absolute atomic E-state index is 12.7. The Morgan fingerprint density at radius 1 is 0.500 bits per heavy atom. The van der Waals surface area contributed by atoms with Gasteiger partial charge in [-0.1, -0.05) is 66.7 Å². The monoisotopic (exact) mass is 740 g/mol. The van der Waals surface area contributed by atoms with Crippen LogP contribution in [-0.2, 0) is 10.1 Å². The molecule has 0 fully saturated rings. The highest BCUT2D eigenvalue weighted by molar-refractivity contribution is 7.86. The van der Waals surface area contributed by atoms with Crippen LogP contribution in [0.4, 0.5) is 0 Å². The summed E-state index contributed by atoms with van der Waals surface area (Å²) in [5.41, 5.74) is 4.26. The largest absolute Gasteiger partial charge is 0.490 e. The van der Waals surface area contributed by atoms with E-state index in [1.165, 1.54) is 6.07 Å². The normalized spacial score (nSPS) is 11.9. The third-order valence-electron chi connectivity index (χ3n) is 7.97. The van der Waals surface area contributed by atoms with Gasteiger partial charge in [0.15, 0.2) is 0 Å². The Morgan fingerprint density at radius 2 is 0.865 bits per heavy atom. The van der Waals surface area contributed by atoms with E-state index in [4.69, 9.17) is 18.9 Å². The average molecular weight is 741 g/mol. The second kappa shape index (κ2) is 16.5. The van der Waals surface area contributed by atoms with Crippen LogP contribution in [0.1, 0.15) is 61.0 Å². The van der Waals surface area contributed by atoms with E-state index in [1.807, 2.05) is 123 Å². The summed E-state index contributed by atoms with van der Waals surface area (Å²) in [7, 11) is -6.06. The SMILES string of the molecule is Cc1ccc(S(=O)(=O)O)cc1P(c1ccccc1-c1c(OC(C)C)cccc1OC(C)C)c1ccccc1-c1c(OC(C)C)cccc1OC(C)C. The molecule has 0 aromatic heterocycles. The summed E-state index contributed by atoms with van der Waals surface area (Å²) < 4.78 is 61.3. The summed E-state index contributed by atoms with van der Waals surface area (Å²) in [4.78, 5) is -0.171. The van der Waals surface area contributed by atoms with Gasteiger partial charge in [0, 0.05) is 0 Å². The minimum atomic E-state index is -4.52. The zero-order chi connectivity index (χ0) is 37.7. The molecule has 5 rings (SSSR count). The van der Waals surface area contributed by atoms with Crippen molar-refractivity contribution >= 4 is 34.0 Å². The van der Waals surface area contributed by atoms with Crippen molar-refractivity contribution in [3.05, 3.63) is 109 Å². The lowest BCUT2D eigenvalue weighted by Gasteiger charge is -2.29. The minimum absolute atomic E-state index is 0.104. The smallest absolute Gasteiger partial charge is 0.294 e. The Bertz CT molecular complexity index is 1960. The quantitative estimate of drug-likeness (QED) is 0.0896. The molecule has 5 aromatic carbocycles. The van der Waals surface area contributed by atoms with Crippen molar-refractivity contribution < 1.29 is 31.9 Å². The van der Waals surface area contributed by atoms with Crippen LogP contribution in [0.3, 0.4) is 0 Å². The molecule has 5 aromatic rings. The molecule has 0 aliphatic heterocycles. The van der Waals surface area contributed by atoms with E-state index in [2.05, 4.69) is 24.3 Å². The third kappa shape index (κ3) is 8.98. The van der Waals surface area contributed by atoms with Gasteiger partial charge in [0.2, 0.25) is 0 Å². The second-order valence-corrected chi connectivity index (χ2v) is 17.3. The Labute approximate surface area is 310 Å². The fourth-order valence-electron chi connectivity index (χ4n) is 6.10. The molecule has 274 valence electrons. The van der Waals surface area contributed by atoms with Gasteiger partial charge in [-0.25, -0.2) is 0 Å². The summed E-state index contributed by atoms with van der Waals surface area (Å²) in [6.07, 6.45) is -0.415. The molecule has 0 atom stereocenters. The predicted octanol–water partition coefficient (Wildman–Crippen LogP) is 9.48. The predicted molar refractivity (Wildman–Crippen MR) is 214 cm³/mol. The highest BCUT2D eigenvalue weighted by atomic mass is 32.2. The van der Waals surface area contributed by atoms with Crippen molar-refractivity contribution in [2.45, 2.75) is 91.6 Å². The van der Waals surface area contributed by atoms with E-state index >= 15 is 0 Å². The summed E-state index contributed by atoms with van der Waals surface area (Å²) in [6.45, 7) is 17.9. The average Bonchev–Trinajstić information content (AvgIpc) is 3.05. The number of ether oxygens (including phenoxy) is 4. The maximum Gasteiger partial charge on any atom is 0.294 e. The van der Waals surface area contributed by atoms with E-state index in [0.29, 0.717) is 23.0 Å². The highest BCUT2D eigenvalue weighted by Gasteiger charge is 2.30. The molecular formula is C43H49O7PS. The molecular weight excluding hydrogens is 692 g/mol. The van der Waals surface area contributed by atoms with Crippen molar-refractivity contribution in [3.8, 4) is 45.3 Å². The Balaban J connectivity index is 1.93. The van der Waals surface area contributed by atoms with Crippen LogP contribution >= 0.6 is 7.92 Å². The fraction of sp³-hybridized carbons (Fsp3) is 0.302. The number of aryl methyl sites for hydroxylation is 1. The van der Waals surface area contributed by atoms with E-state index in [0.717, 1.165) is 43.7 Å². The summed E-state index contributed by atoms with van der Waals surface area (Å²) in [6, 6.07) is 32.8. The van der Waals surface area contributed by atoms with Gasteiger partial charge in [0.05, 0.1) is 40.4 Å². The fourth-order valence-corrected chi connectivity index (χ4v) is 9.49. The van der Waals surface area contributed by atoms with Gasteiger partial charge in [-0.05, 0) is 139 Å². The zero-order valence-corrected chi connectivity index (χ0v) is 33.1. The molecule has 0 heterocycles. The van der Waals surface area contributed by atoms with Crippen LogP contribution in [0.25, 0.3) is 22.3 Å². The lowest BCUT2D eigenvalue weighted by molar-refractivity contribution is 0.230. The van der Waals surface area contributed by atoms with Gasteiger partial charge in [0.1, 0.15) is 23.0 Å². The van der Waals surface area contributed by atoms with E-state index in [-0.39, 0.29) is 29.3 Å². The number of benzene rings is 5. The highest BCUT2D eigenvalue weighted by Crippen LogP contribution is 2.48. The second-order valence-electron chi connectivity index (χ2n) is 13.7. The van der Waals surface area contributed by atoms with E-state index < -0.39 is 18.0 Å². The first-order valence-electron chi connectivity index (χ1n) is 17.6. The molecule has 0 aliphatic carbocycles. The minimum Gasteiger partial charge on any atom is -0.490 e. The lowest BCUT2D eigenvalue weighted by atomic mass is 10.0. The van der Waals surface area contributed by atoms with Gasteiger partial charge in [-0.15, -0.1) is 0 Å². The molecule has 52 heavy (non-hydrogen) atoms. The van der Waals surface area contributed by atoms with Gasteiger partial charge in [-0.2, -0.15) is 8.42 Å². The van der Waals surface area contributed by atoms with Gasteiger partial charge >= 0.3 is 0 Å². The van der Waals surface area contributed by atoms with Crippen LogP contribution in [0.15, 0.2) is 108 Å². The van der Waals surface area contributed by atoms with E-state index in [1.54, 1.807) is 12.1 Å². The topological polar surface area (TPSA) is 91.3 Å².